The number of carbonyl (C=O) groups excluding carboxylic acids is 1. The smallest absolute Gasteiger partial charge is 0.332 e. The van der Waals surface area contributed by atoms with E-state index in [-0.39, 0.29) is 23.6 Å². The highest BCUT2D eigenvalue weighted by molar-refractivity contribution is 7.99. The van der Waals surface area contributed by atoms with Crippen molar-refractivity contribution in [1.82, 2.24) is 14.0 Å². The molecule has 0 radical (unpaired) electrons. The Kier molecular flexibility index (Phi) is 8.13. The van der Waals surface area contributed by atoms with E-state index >= 15 is 0 Å². The van der Waals surface area contributed by atoms with Crippen LogP contribution in [0.1, 0.15) is 18.4 Å². The van der Waals surface area contributed by atoms with Crippen molar-refractivity contribution >= 4 is 34.9 Å². The Balaban J connectivity index is 1.19. The third-order valence-corrected chi connectivity index (χ3v) is 8.70. The van der Waals surface area contributed by atoms with Crippen molar-refractivity contribution in [3.05, 3.63) is 74.9 Å². The molecule has 0 unspecified atom stereocenters. The first kappa shape index (κ1) is 27.1. The molecule has 2 aliphatic heterocycles. The van der Waals surface area contributed by atoms with Gasteiger partial charge >= 0.3 is 11.7 Å². The van der Waals surface area contributed by atoms with Crippen molar-refractivity contribution in [2.24, 2.45) is 14.1 Å². The van der Waals surface area contributed by atoms with E-state index in [0.717, 1.165) is 67.9 Å². The predicted molar refractivity (Wildman–Crippen MR) is 155 cm³/mol. The van der Waals surface area contributed by atoms with Gasteiger partial charge in [0.25, 0.3) is 5.56 Å². The lowest BCUT2D eigenvalue weighted by atomic mass is 10.1. The molecule has 1 aromatic heterocycles. The second-order valence-electron chi connectivity index (χ2n) is 10.1. The first-order chi connectivity index (χ1) is 18.9. The molecule has 3 aromatic rings. The maximum absolute atomic E-state index is 12.3. The Morgan fingerprint density at radius 2 is 1.59 bits per heavy atom. The number of piperazine rings is 1. The van der Waals surface area contributed by atoms with Gasteiger partial charge in [-0.2, -0.15) is 0 Å². The highest BCUT2D eigenvalue weighted by Gasteiger charge is 2.24. The molecule has 5 rings (SSSR count). The average Bonchev–Trinajstić information content (AvgIpc) is 2.96. The van der Waals surface area contributed by atoms with Gasteiger partial charge in [-0.25, -0.2) is 4.79 Å². The van der Waals surface area contributed by atoms with Gasteiger partial charge in [0.05, 0.1) is 24.9 Å². The number of aromatic nitrogens is 2. The minimum atomic E-state index is -0.295. The van der Waals surface area contributed by atoms with E-state index in [1.165, 1.54) is 29.6 Å². The van der Waals surface area contributed by atoms with E-state index < -0.39 is 0 Å². The first-order valence-electron chi connectivity index (χ1n) is 13.3. The van der Waals surface area contributed by atoms with Crippen molar-refractivity contribution in [1.29, 1.82) is 0 Å². The van der Waals surface area contributed by atoms with Crippen LogP contribution in [0.25, 0.3) is 0 Å². The van der Waals surface area contributed by atoms with Gasteiger partial charge in [0.1, 0.15) is 5.82 Å². The minimum Gasteiger partial charge on any atom is -0.469 e. The van der Waals surface area contributed by atoms with Crippen LogP contribution in [0.2, 0.25) is 0 Å². The van der Waals surface area contributed by atoms with Crippen molar-refractivity contribution in [3.8, 4) is 0 Å². The minimum absolute atomic E-state index is 0.234. The largest absolute Gasteiger partial charge is 0.469 e. The SMILES string of the molecule is COC(=O)Cc1ccc2c(c1)N(CCCCN1CCN(c3cc(=O)n(C)c(=O)n3C)CC1)c1ccccc1S2. The molecular weight excluding hydrogens is 514 g/mol. The number of anilines is 3. The molecule has 0 N–H and O–H groups in total. The van der Waals surface area contributed by atoms with E-state index in [9.17, 15) is 14.4 Å². The summed E-state index contributed by atoms with van der Waals surface area (Å²) in [6.45, 7) is 5.25. The molecule has 9 nitrogen and oxygen atoms in total. The number of methoxy groups -OCH3 is 1. The summed E-state index contributed by atoms with van der Waals surface area (Å²) in [6.07, 6.45) is 2.36. The first-order valence-corrected chi connectivity index (χ1v) is 14.2. The van der Waals surface area contributed by atoms with Crippen LogP contribution in [-0.2, 0) is 30.0 Å². The third-order valence-electron chi connectivity index (χ3n) is 7.57. The normalized spacial score (nSPS) is 15.2. The second kappa shape index (κ2) is 11.7. The predicted octanol–water partition coefficient (Wildman–Crippen LogP) is 3.00. The van der Waals surface area contributed by atoms with Gasteiger partial charge < -0.3 is 14.5 Å². The lowest BCUT2D eigenvalue weighted by Crippen LogP contribution is -2.49. The molecule has 3 heterocycles. The van der Waals surface area contributed by atoms with Crippen LogP contribution in [0.3, 0.4) is 0 Å². The molecular formula is C29H35N5O4S. The van der Waals surface area contributed by atoms with Crippen molar-refractivity contribution in [2.45, 2.75) is 29.1 Å². The Hall–Kier alpha value is -3.50. The summed E-state index contributed by atoms with van der Waals surface area (Å²) < 4.78 is 7.57. The second-order valence-corrected chi connectivity index (χ2v) is 11.1. The van der Waals surface area contributed by atoms with Crippen LogP contribution >= 0.6 is 11.8 Å². The van der Waals surface area contributed by atoms with E-state index in [0.29, 0.717) is 5.82 Å². The zero-order valence-electron chi connectivity index (χ0n) is 22.8. The quantitative estimate of drug-likeness (QED) is 0.314. The summed E-state index contributed by atoms with van der Waals surface area (Å²) in [5.41, 5.74) is 2.74. The van der Waals surface area contributed by atoms with Crippen LogP contribution in [0.4, 0.5) is 17.2 Å². The zero-order valence-corrected chi connectivity index (χ0v) is 23.6. The molecule has 2 aromatic carbocycles. The van der Waals surface area contributed by atoms with E-state index in [1.807, 2.05) is 6.07 Å². The van der Waals surface area contributed by atoms with E-state index in [2.05, 4.69) is 51.1 Å². The van der Waals surface area contributed by atoms with Gasteiger partial charge in [-0.15, -0.1) is 0 Å². The fourth-order valence-electron chi connectivity index (χ4n) is 5.30. The molecule has 0 aliphatic carbocycles. The number of rotatable bonds is 8. The molecule has 2 aliphatic rings. The summed E-state index contributed by atoms with van der Waals surface area (Å²) >= 11 is 1.77. The van der Waals surface area contributed by atoms with Crippen LogP contribution in [0.15, 0.2) is 67.9 Å². The maximum Gasteiger partial charge on any atom is 0.332 e. The number of para-hydroxylation sites is 1. The number of carbonyl (C=O) groups is 1. The van der Waals surface area contributed by atoms with Crippen LogP contribution in [-0.4, -0.2) is 66.4 Å². The van der Waals surface area contributed by atoms with E-state index in [1.54, 1.807) is 29.4 Å². The van der Waals surface area contributed by atoms with Crippen molar-refractivity contribution in [2.75, 3.05) is 56.2 Å². The van der Waals surface area contributed by atoms with Gasteiger partial charge in [0.15, 0.2) is 0 Å². The number of ether oxygens (including phenoxy) is 1. The Morgan fingerprint density at radius 3 is 2.36 bits per heavy atom. The Morgan fingerprint density at radius 1 is 0.872 bits per heavy atom. The summed E-state index contributed by atoms with van der Waals surface area (Å²) in [6, 6.07) is 16.3. The number of benzene rings is 2. The molecule has 10 heteroatoms. The Labute approximate surface area is 232 Å². The van der Waals surface area contributed by atoms with Gasteiger partial charge in [0, 0.05) is 62.7 Å². The number of hydrogen-bond donors (Lipinski definition) is 0. The standard InChI is InChI=1S/C29H35N5O4S/c1-30-26(20-27(35)31(2)29(30)37)33-16-14-32(15-17-33)12-6-7-13-34-22-8-4-5-9-24(22)39-25-11-10-21(18-23(25)34)19-28(36)38-3/h4-5,8-11,18,20H,6-7,12-17,19H2,1-3H3. The lowest BCUT2D eigenvalue weighted by Gasteiger charge is -2.37. The Bertz CT molecular complexity index is 1480. The highest BCUT2D eigenvalue weighted by atomic mass is 32.2. The molecule has 1 fully saturated rings. The van der Waals surface area contributed by atoms with Crippen molar-refractivity contribution < 1.29 is 9.53 Å². The van der Waals surface area contributed by atoms with Gasteiger partial charge in [-0.1, -0.05) is 30.0 Å². The maximum atomic E-state index is 12.3. The number of unbranched alkanes of at least 4 members (excludes halogenated alkanes) is 1. The van der Waals surface area contributed by atoms with Gasteiger partial charge in [-0.3, -0.25) is 23.6 Å². The summed E-state index contributed by atoms with van der Waals surface area (Å²) in [4.78, 5) is 45.7. The topological polar surface area (TPSA) is 80.0 Å². The summed E-state index contributed by atoms with van der Waals surface area (Å²) in [5, 5.41) is 0. The fraction of sp³-hybridized carbons (Fsp3) is 0.414. The summed E-state index contributed by atoms with van der Waals surface area (Å²) in [7, 11) is 4.65. The zero-order chi connectivity index (χ0) is 27.5. The molecule has 0 atom stereocenters. The molecule has 0 bridgehead atoms. The van der Waals surface area contributed by atoms with Gasteiger partial charge in [-0.05, 0) is 49.2 Å². The van der Waals surface area contributed by atoms with E-state index in [4.69, 9.17) is 4.74 Å². The number of fused-ring (bicyclic) bond motifs is 2. The van der Waals surface area contributed by atoms with Crippen LogP contribution in [0.5, 0.6) is 0 Å². The number of esters is 1. The molecule has 1 saturated heterocycles. The third kappa shape index (κ3) is 5.77. The van der Waals surface area contributed by atoms with Crippen LogP contribution in [0, 0.1) is 0 Å². The molecule has 206 valence electrons. The average molecular weight is 550 g/mol. The molecule has 39 heavy (non-hydrogen) atoms. The number of nitrogens with zero attached hydrogens (tertiary/aromatic N) is 5. The highest BCUT2D eigenvalue weighted by Crippen LogP contribution is 2.48. The summed E-state index contributed by atoms with van der Waals surface area (Å²) in [5.74, 6) is 0.456. The molecule has 0 saturated carbocycles. The van der Waals surface area contributed by atoms with Crippen LogP contribution < -0.4 is 21.0 Å². The monoisotopic (exact) mass is 549 g/mol. The number of hydrogen-bond acceptors (Lipinski definition) is 8. The van der Waals surface area contributed by atoms with Gasteiger partial charge in [0.2, 0.25) is 0 Å². The molecule has 0 spiro atoms. The van der Waals surface area contributed by atoms with Crippen molar-refractivity contribution in [3.63, 3.8) is 0 Å². The molecule has 0 amide bonds. The lowest BCUT2D eigenvalue weighted by molar-refractivity contribution is -0.139. The fourth-order valence-corrected chi connectivity index (χ4v) is 6.37.